The van der Waals surface area contributed by atoms with Crippen molar-refractivity contribution in [2.24, 2.45) is 5.92 Å². The lowest BCUT2D eigenvalue weighted by Gasteiger charge is -2.22. The summed E-state index contributed by atoms with van der Waals surface area (Å²) in [6.45, 7) is 8.38. The van der Waals surface area contributed by atoms with Crippen molar-refractivity contribution in [3.8, 4) is 0 Å². The van der Waals surface area contributed by atoms with Gasteiger partial charge in [-0.15, -0.1) is 0 Å². The summed E-state index contributed by atoms with van der Waals surface area (Å²) in [4.78, 5) is 11.9. The average molecular weight is 414 g/mol. The van der Waals surface area contributed by atoms with Gasteiger partial charge in [-0.25, -0.2) is 9.36 Å². The number of allylic oxidation sites excluding steroid dienone is 1. The Kier molecular flexibility index (Phi) is 11.8. The fourth-order valence-electron chi connectivity index (χ4n) is 2.26. The van der Waals surface area contributed by atoms with Crippen LogP contribution in [-0.4, -0.2) is 32.4 Å². The molecule has 0 heterocycles. The van der Waals surface area contributed by atoms with E-state index in [1.165, 1.54) is 6.08 Å². The van der Waals surface area contributed by atoms with Crippen molar-refractivity contribution in [3.63, 3.8) is 0 Å². The number of benzene rings is 1. The molecule has 0 N–H and O–H groups in total. The quantitative estimate of drug-likeness (QED) is 0.141. The fraction of sp³-hybridized carbons (Fsp3) is 0.550. The summed E-state index contributed by atoms with van der Waals surface area (Å²) in [5, 5.41) is 0. The van der Waals surface area contributed by atoms with E-state index in [1.807, 2.05) is 37.3 Å². The number of carbonyl (C=O) groups is 1. The van der Waals surface area contributed by atoms with Crippen LogP contribution in [0.3, 0.4) is 0 Å². The number of hydrogen-bond acceptors (Lipinski definition) is 7. The van der Waals surface area contributed by atoms with E-state index >= 15 is 0 Å². The van der Waals surface area contributed by atoms with Crippen molar-refractivity contribution in [3.05, 3.63) is 47.7 Å². The Labute approximate surface area is 167 Å². The molecule has 0 fully saturated rings. The highest BCUT2D eigenvalue weighted by Gasteiger charge is 2.30. The molecular formula is C20H31O7P. The van der Waals surface area contributed by atoms with E-state index in [0.29, 0.717) is 19.6 Å². The number of rotatable bonds is 14. The first-order valence-corrected chi connectivity index (χ1v) is 11.0. The van der Waals surface area contributed by atoms with Crippen molar-refractivity contribution in [2.75, 3.05) is 26.4 Å². The number of phosphoric acid groups is 1. The third-order valence-corrected chi connectivity index (χ3v) is 5.21. The maximum atomic E-state index is 12.7. The number of hydrogen-bond donors (Lipinski definition) is 0. The number of esters is 1. The summed E-state index contributed by atoms with van der Waals surface area (Å²) in [6.07, 6.45) is 1.74. The van der Waals surface area contributed by atoms with Gasteiger partial charge in [0.2, 0.25) is 0 Å². The van der Waals surface area contributed by atoms with Crippen molar-refractivity contribution >= 4 is 13.8 Å². The van der Waals surface area contributed by atoms with Gasteiger partial charge in [-0.05, 0) is 32.8 Å². The van der Waals surface area contributed by atoms with Crippen LogP contribution in [0.1, 0.15) is 39.7 Å². The third kappa shape index (κ3) is 9.51. The van der Waals surface area contributed by atoms with E-state index < -0.39 is 13.8 Å². The molecule has 0 radical (unpaired) electrons. The minimum Gasteiger partial charge on any atom is -0.463 e. The zero-order valence-electron chi connectivity index (χ0n) is 17.1. The van der Waals surface area contributed by atoms with E-state index in [9.17, 15) is 9.36 Å². The van der Waals surface area contributed by atoms with Gasteiger partial charge in [0.25, 0.3) is 0 Å². The second-order valence-electron chi connectivity index (χ2n) is 5.90. The van der Waals surface area contributed by atoms with E-state index in [1.54, 1.807) is 20.8 Å². The zero-order chi connectivity index (χ0) is 20.8. The van der Waals surface area contributed by atoms with Gasteiger partial charge < -0.3 is 14.0 Å². The molecule has 158 valence electrons. The monoisotopic (exact) mass is 414 g/mol. The standard InChI is InChI=1S/C20H31O7P/c1-5-24-20(21)15-19(27-28(22,25-6-2)26-7-3)17(4)13-14-23-16-18-11-9-8-10-12-18/h8-12,15,17H,5-7,13-14,16H2,1-4H3/b19-15+. The first kappa shape index (κ1) is 24.4. The predicted molar refractivity (Wildman–Crippen MR) is 107 cm³/mol. The summed E-state index contributed by atoms with van der Waals surface area (Å²) < 4.78 is 39.2. The first-order chi connectivity index (χ1) is 13.4. The maximum Gasteiger partial charge on any atom is 0.529 e. The van der Waals surface area contributed by atoms with Crippen LogP contribution >= 0.6 is 7.82 Å². The molecule has 1 aromatic rings. The molecule has 7 nitrogen and oxygen atoms in total. The lowest BCUT2D eigenvalue weighted by molar-refractivity contribution is -0.137. The van der Waals surface area contributed by atoms with Crippen LogP contribution in [-0.2, 0) is 39.0 Å². The molecule has 0 amide bonds. The molecule has 0 bridgehead atoms. The lowest BCUT2D eigenvalue weighted by atomic mass is 10.1. The van der Waals surface area contributed by atoms with Gasteiger partial charge in [0.05, 0.1) is 32.5 Å². The smallest absolute Gasteiger partial charge is 0.463 e. The number of phosphoric ester groups is 1. The van der Waals surface area contributed by atoms with E-state index in [0.717, 1.165) is 5.56 Å². The van der Waals surface area contributed by atoms with Crippen molar-refractivity contribution in [2.45, 2.75) is 40.7 Å². The summed E-state index contributed by atoms with van der Waals surface area (Å²) in [6, 6.07) is 9.82. The molecule has 0 aromatic heterocycles. The minimum absolute atomic E-state index is 0.151. The Morgan fingerprint density at radius 1 is 1.07 bits per heavy atom. The molecule has 0 saturated carbocycles. The molecule has 0 saturated heterocycles. The van der Waals surface area contributed by atoms with Crippen LogP contribution < -0.4 is 0 Å². The van der Waals surface area contributed by atoms with E-state index in [4.69, 9.17) is 23.0 Å². The van der Waals surface area contributed by atoms with Crippen LogP contribution in [0.4, 0.5) is 0 Å². The van der Waals surface area contributed by atoms with Crippen LogP contribution in [0.2, 0.25) is 0 Å². The highest BCUT2D eigenvalue weighted by Crippen LogP contribution is 2.52. The second kappa shape index (κ2) is 13.5. The summed E-state index contributed by atoms with van der Waals surface area (Å²) in [5.74, 6) is -0.643. The Bertz CT molecular complexity index is 635. The first-order valence-electron chi connectivity index (χ1n) is 9.52. The van der Waals surface area contributed by atoms with Crippen LogP contribution in [0, 0.1) is 5.92 Å². The average Bonchev–Trinajstić information content (AvgIpc) is 2.66. The highest BCUT2D eigenvalue weighted by atomic mass is 31.2. The molecular weight excluding hydrogens is 383 g/mol. The summed E-state index contributed by atoms with van der Waals surface area (Å²) >= 11 is 0. The zero-order valence-corrected chi connectivity index (χ0v) is 18.0. The molecule has 1 atom stereocenters. The SMILES string of the molecule is CCOC(=O)/C=C(/OP(=O)(OCC)OCC)C(C)CCOCc1ccccc1. The molecule has 28 heavy (non-hydrogen) atoms. The van der Waals surface area contributed by atoms with Crippen LogP contribution in [0.5, 0.6) is 0 Å². The van der Waals surface area contributed by atoms with Gasteiger partial charge in [-0.1, -0.05) is 37.3 Å². The molecule has 0 spiro atoms. The molecule has 8 heteroatoms. The molecule has 0 aliphatic heterocycles. The molecule has 0 aliphatic rings. The van der Waals surface area contributed by atoms with Gasteiger partial charge in [0, 0.05) is 12.5 Å². The number of ether oxygens (including phenoxy) is 2. The normalized spacial score (nSPS) is 13.2. The van der Waals surface area contributed by atoms with Crippen molar-refractivity contribution in [1.29, 1.82) is 0 Å². The van der Waals surface area contributed by atoms with E-state index in [-0.39, 0.29) is 31.5 Å². The predicted octanol–water partition coefficient (Wildman–Crippen LogP) is 4.87. The summed E-state index contributed by atoms with van der Waals surface area (Å²) in [5.41, 5.74) is 1.07. The van der Waals surface area contributed by atoms with Gasteiger partial charge in [-0.2, -0.15) is 0 Å². The Morgan fingerprint density at radius 2 is 1.71 bits per heavy atom. The van der Waals surface area contributed by atoms with Gasteiger partial charge in [0.15, 0.2) is 0 Å². The highest BCUT2D eigenvalue weighted by molar-refractivity contribution is 7.48. The molecule has 0 aliphatic carbocycles. The Morgan fingerprint density at radius 3 is 2.29 bits per heavy atom. The third-order valence-electron chi connectivity index (χ3n) is 3.63. The van der Waals surface area contributed by atoms with Crippen molar-refractivity contribution in [1.82, 2.24) is 0 Å². The summed E-state index contributed by atoms with van der Waals surface area (Å²) in [7, 11) is -3.81. The van der Waals surface area contributed by atoms with Gasteiger partial charge >= 0.3 is 13.8 Å². The molecule has 1 aromatic carbocycles. The lowest BCUT2D eigenvalue weighted by Crippen LogP contribution is -2.12. The van der Waals surface area contributed by atoms with Gasteiger partial charge in [0.1, 0.15) is 5.76 Å². The number of carbonyl (C=O) groups excluding carboxylic acids is 1. The van der Waals surface area contributed by atoms with E-state index in [2.05, 4.69) is 0 Å². The topological polar surface area (TPSA) is 80.3 Å². The largest absolute Gasteiger partial charge is 0.529 e. The Balaban J connectivity index is 2.74. The molecule has 1 rings (SSSR count). The van der Waals surface area contributed by atoms with Crippen LogP contribution in [0.15, 0.2) is 42.2 Å². The molecule has 1 unspecified atom stereocenters. The Hall–Kier alpha value is -1.66. The fourth-order valence-corrected chi connectivity index (χ4v) is 3.56. The minimum atomic E-state index is -3.81. The van der Waals surface area contributed by atoms with Crippen LogP contribution in [0.25, 0.3) is 0 Å². The van der Waals surface area contributed by atoms with Crippen molar-refractivity contribution < 1.29 is 32.4 Å². The van der Waals surface area contributed by atoms with Gasteiger partial charge in [-0.3, -0.25) is 9.05 Å². The second-order valence-corrected chi connectivity index (χ2v) is 7.49. The maximum absolute atomic E-state index is 12.7.